The summed E-state index contributed by atoms with van der Waals surface area (Å²) in [5.74, 6) is -10.8. The number of piperidine rings is 3. The number of rotatable bonds is 13. The molecule has 12 heterocycles. The van der Waals surface area contributed by atoms with E-state index in [2.05, 4.69) is 52.7 Å². The highest BCUT2D eigenvalue weighted by molar-refractivity contribution is 9.11. The molecule has 7 amide bonds. The Morgan fingerprint density at radius 2 is 0.908 bits per heavy atom. The van der Waals surface area contributed by atoms with Crippen LogP contribution >= 0.6 is 31.9 Å². The number of piperazine rings is 2. The van der Waals surface area contributed by atoms with E-state index in [0.717, 1.165) is 59.6 Å². The second-order valence-electron chi connectivity index (χ2n) is 37.6. The monoisotopic (exact) mass is 1950 g/mol. The maximum Gasteiger partial charge on any atom is 0.488 e. The van der Waals surface area contributed by atoms with Crippen molar-refractivity contribution < 1.29 is 103 Å². The Hall–Kier alpha value is -9.96. The summed E-state index contributed by atoms with van der Waals surface area (Å²) in [6, 6.07) is 32.1. The summed E-state index contributed by atoms with van der Waals surface area (Å²) in [5, 5.41) is 54.5. The number of carbonyl (C=O) groups excluding carboxylic acids is 7. The van der Waals surface area contributed by atoms with Crippen LogP contribution in [0.5, 0.6) is 5.75 Å². The van der Waals surface area contributed by atoms with Crippen molar-refractivity contribution in [3.05, 3.63) is 205 Å². The number of aromatic nitrogens is 3. The Kier molecular flexibility index (Phi) is 22.7. The number of aliphatic hydroxyl groups is 3. The number of likely N-dealkylation sites (tertiary alicyclic amines) is 3. The fourth-order valence-corrected chi connectivity index (χ4v) is 25.2. The van der Waals surface area contributed by atoms with Gasteiger partial charge in [0.25, 0.3) is 23.6 Å². The lowest BCUT2D eigenvalue weighted by molar-refractivity contribution is -0.315. The molecule has 21 rings (SSSR count). The van der Waals surface area contributed by atoms with Crippen LogP contribution in [0.3, 0.4) is 0 Å². The number of aryl methyl sites for hydroxylation is 1. The third kappa shape index (κ3) is 15.4. The van der Waals surface area contributed by atoms with Crippen LogP contribution in [-0.4, -0.2) is 241 Å². The quantitative estimate of drug-likeness (QED) is 0.0417. The standard InChI is InChI=1S/2C34H36F3N5O5.C26H26Br2F3N3O3/c1-32(31(45)42-26(14-19-8-4-3-5-9-19)30(44)40-13-7-12-27(40)33(42,46)47-32)38-29(43)21-15-23-22-10-6-11-24-28(22)20(16-25(23)39(2)17-21)18-41(24)34(35,36)37;1-32(31(45)42-26(14-19-8-4-3-5-9-19)30(44)40-13-7-12-27(40)33(42,46)47-32)38-29(43)21-15-23-22-10-6-11-24-28(22)20(17-39(24)2)16-25(23)41(18-21)34(35,36)37;1-33-10-15(25(37)32-16(12-35)5-13-6-19(27)24(36)20(28)7-13)8-18-17-3-2-4-21-23(17)14(9-22(18)33)11-34(21)26(29,30)31/h3-6,8-11,18,21,23,25-27,46H,7,12-17H2,1-2H3,(H,38,43);3-6,8-11,17,21,23,25-27,46H,7,12-16,18H2,1-2H3,(H,38,43);2-4,6-7,11,15-16,18,22,35-36H,5,8-10,12H2,1H3,(H,32,37)/t2*21-,23-,25-,26+,27+,32-,33+;15-,16?,18-,22-/m111/s1. The highest BCUT2D eigenvalue weighted by Gasteiger charge is 2.72. The minimum Gasteiger partial charge on any atom is -0.506 e. The van der Waals surface area contributed by atoms with Crippen LogP contribution in [0.4, 0.5) is 39.5 Å². The van der Waals surface area contributed by atoms with Gasteiger partial charge in [0.05, 0.1) is 50.4 Å². The Bertz CT molecular complexity index is 6080. The Labute approximate surface area is 763 Å². The molecule has 0 spiro atoms. The normalized spacial score (nSPS) is 30.5. The van der Waals surface area contributed by atoms with E-state index in [0.29, 0.717) is 129 Å². The number of hydrogen-bond acceptors (Lipinski definition) is 16. The SMILES string of the molecule is CN1C[C@H](C(=O)NC(CO)Cc2cc(Br)c(O)c(Br)c2)C[C@@H]2c3cccc4c3c(cn4C(F)(F)F)C[C@H]21.CN1C[C@H](C(=O)N[C@]2(C)O[C@@]3(O)[C@@H]4CCCN4C(=O)[C@H](Cc4ccccc4)N3C2=O)C[C@@H]2c3cccc4c3c(cn4C(F)(F)F)C[C@H]21.Cn1cc2c3c(cccc31)[C@H]1C[C@@H](C(=O)N[C@]3(C)O[C@@]4(O)[C@@H]5CCCN5C(=O)[C@H](Cc5ccccc5)N4C3=O)CN(C(F)(F)F)[C@@H]1C2. The molecule has 0 bridgehead atoms. The first-order valence-electron chi connectivity index (χ1n) is 44.2. The predicted molar refractivity (Wildman–Crippen MR) is 465 cm³/mol. The summed E-state index contributed by atoms with van der Waals surface area (Å²) in [7, 11) is 5.64. The average molecular weight is 1950 g/mol. The predicted octanol–water partition coefficient (Wildman–Crippen LogP) is 11.0. The molecule has 3 aromatic heterocycles. The highest BCUT2D eigenvalue weighted by atomic mass is 79.9. The zero-order chi connectivity index (χ0) is 92.7. The molecule has 18 atom stereocenters. The molecule has 12 aliphatic rings. The second kappa shape index (κ2) is 33.0. The van der Waals surface area contributed by atoms with Gasteiger partial charge in [-0.05, 0) is 211 Å². The molecule has 694 valence electrons. The minimum absolute atomic E-state index is 0.00608. The summed E-state index contributed by atoms with van der Waals surface area (Å²) in [6.07, 6.45) is -4.64. The van der Waals surface area contributed by atoms with Gasteiger partial charge in [-0.15, -0.1) is 26.3 Å². The molecule has 9 fully saturated rings. The maximum atomic E-state index is 14.6. The smallest absolute Gasteiger partial charge is 0.488 e. The molecule has 1 unspecified atom stereocenters. The minimum atomic E-state index is -4.70. The van der Waals surface area contributed by atoms with Gasteiger partial charge in [0.2, 0.25) is 41.0 Å². The van der Waals surface area contributed by atoms with E-state index in [1.165, 1.54) is 43.3 Å². The Morgan fingerprint density at radius 1 is 0.511 bits per heavy atom. The molecule has 3 aliphatic carbocycles. The first kappa shape index (κ1) is 90.2. The van der Waals surface area contributed by atoms with Crippen LogP contribution in [0.1, 0.15) is 127 Å². The molecule has 26 nitrogen and oxygen atoms in total. The van der Waals surface area contributed by atoms with Crippen molar-refractivity contribution in [1.29, 1.82) is 0 Å². The van der Waals surface area contributed by atoms with E-state index in [4.69, 9.17) is 9.47 Å². The lowest BCUT2D eigenvalue weighted by Crippen LogP contribution is -2.71. The fourth-order valence-electron chi connectivity index (χ4n) is 23.9. The number of nitrogens with zero attached hydrogens (tertiary/aromatic N) is 10. The van der Waals surface area contributed by atoms with Crippen LogP contribution in [0.2, 0.25) is 0 Å². The molecule has 7 N–H and O–H groups in total. The average Bonchev–Trinajstić information content (AvgIpc) is 1.54. The number of likely N-dealkylation sites (N-methyl/N-ethyl adjacent to an activating group) is 2. The van der Waals surface area contributed by atoms with Gasteiger partial charge in [-0.2, -0.15) is 13.2 Å². The van der Waals surface area contributed by atoms with Crippen LogP contribution in [0, 0.1) is 17.8 Å². The zero-order valence-corrected chi connectivity index (χ0v) is 75.1. The molecule has 9 saturated heterocycles. The second-order valence-corrected chi connectivity index (χ2v) is 39.3. The summed E-state index contributed by atoms with van der Waals surface area (Å²) in [4.78, 5) is 107. The van der Waals surface area contributed by atoms with Gasteiger partial charge in [0.15, 0.2) is 0 Å². The van der Waals surface area contributed by atoms with Crippen LogP contribution < -0.4 is 16.0 Å². The number of alkyl halides is 9. The number of halogens is 11. The topological polar surface area (TPSA) is 292 Å². The Morgan fingerprint density at radius 3 is 1.34 bits per heavy atom. The van der Waals surface area contributed by atoms with Gasteiger partial charge < -0.3 is 60.5 Å². The first-order chi connectivity index (χ1) is 62.1. The number of fused-ring (bicyclic) bond motifs is 12. The maximum absolute atomic E-state index is 14.6. The number of carbonyl (C=O) groups is 7. The van der Waals surface area contributed by atoms with Gasteiger partial charge in [-0.25, -0.2) is 4.90 Å². The molecule has 9 aliphatic heterocycles. The number of amides is 7. The molecular weight excluding hydrogens is 1850 g/mol. The van der Waals surface area contributed by atoms with Gasteiger partial charge in [0, 0.05) is 129 Å². The van der Waals surface area contributed by atoms with Gasteiger partial charge in [0.1, 0.15) is 29.9 Å². The van der Waals surface area contributed by atoms with Crippen molar-refractivity contribution in [1.82, 2.24) is 64.0 Å². The van der Waals surface area contributed by atoms with Crippen molar-refractivity contribution in [3.8, 4) is 5.75 Å². The third-order valence-electron chi connectivity index (χ3n) is 29.6. The molecular formula is C94H98Br2F9N13O13. The first-order valence-corrected chi connectivity index (χ1v) is 45.8. The Balaban J connectivity index is 0.000000128. The number of nitrogens with one attached hydrogen (secondary N) is 3. The summed E-state index contributed by atoms with van der Waals surface area (Å²) < 4.78 is 143. The number of hydrogen-bond donors (Lipinski definition) is 7. The van der Waals surface area contributed by atoms with Crippen LogP contribution in [0.15, 0.2) is 155 Å². The summed E-state index contributed by atoms with van der Waals surface area (Å²) in [5.41, 5.74) is 4.08. The van der Waals surface area contributed by atoms with Crippen molar-refractivity contribution in [2.75, 3.05) is 53.4 Å². The van der Waals surface area contributed by atoms with Crippen molar-refractivity contribution in [2.45, 2.75) is 206 Å². The van der Waals surface area contributed by atoms with E-state index in [-0.39, 0.29) is 96.6 Å². The van der Waals surface area contributed by atoms with Crippen molar-refractivity contribution in [3.63, 3.8) is 0 Å². The van der Waals surface area contributed by atoms with E-state index < -0.39 is 126 Å². The van der Waals surface area contributed by atoms with Crippen LogP contribution in [-0.2, 0) is 101 Å². The lowest BCUT2D eigenvalue weighted by Gasteiger charge is -2.48. The molecule has 0 radical (unpaired) electrons. The van der Waals surface area contributed by atoms with Crippen molar-refractivity contribution >= 4 is 106 Å². The molecule has 9 aromatic rings. The van der Waals surface area contributed by atoms with Gasteiger partial charge in [-0.3, -0.25) is 62.0 Å². The number of phenols is 1. The van der Waals surface area contributed by atoms with E-state index in [1.54, 1.807) is 29.2 Å². The highest BCUT2D eigenvalue weighted by Crippen LogP contribution is 2.54. The number of aromatic hydroxyl groups is 1. The van der Waals surface area contributed by atoms with E-state index in [1.807, 2.05) is 128 Å². The lowest BCUT2D eigenvalue weighted by atomic mass is 9.72. The molecule has 37 heteroatoms. The summed E-state index contributed by atoms with van der Waals surface area (Å²) in [6.45, 7) is 3.49. The fraction of sp³-hybridized carbons (Fsp3) is 0.479. The molecule has 0 saturated carbocycles. The van der Waals surface area contributed by atoms with Gasteiger partial charge >= 0.3 is 18.9 Å². The number of aliphatic hydroxyl groups excluding tert-OH is 1. The van der Waals surface area contributed by atoms with E-state index >= 15 is 0 Å². The molecule has 6 aromatic carbocycles. The van der Waals surface area contributed by atoms with Crippen LogP contribution in [0.25, 0.3) is 32.7 Å². The number of phenolic OH excluding ortho intramolecular Hbond substituents is 1. The van der Waals surface area contributed by atoms with E-state index in [9.17, 15) is 93.5 Å². The third-order valence-corrected chi connectivity index (χ3v) is 30.8. The number of ether oxygens (including phenoxy) is 2. The number of benzene rings is 6. The van der Waals surface area contributed by atoms with Crippen molar-refractivity contribution in [2.24, 2.45) is 24.8 Å². The zero-order valence-electron chi connectivity index (χ0n) is 72.0. The summed E-state index contributed by atoms with van der Waals surface area (Å²) >= 11 is 6.60. The van der Waals surface area contributed by atoms with Gasteiger partial charge in [-0.1, -0.05) is 97.1 Å². The largest absolute Gasteiger partial charge is 0.506 e. The molecule has 131 heavy (non-hydrogen) atoms.